The molecule has 0 aromatic carbocycles. The Kier molecular flexibility index (Phi) is 3.18. The molecule has 0 heterocycles. The molecule has 0 amide bonds. The van der Waals surface area contributed by atoms with Crippen LogP contribution in [0.25, 0.3) is 0 Å². The lowest BCUT2D eigenvalue weighted by Crippen LogP contribution is -2.14. The third-order valence-corrected chi connectivity index (χ3v) is 1.29. The number of nitrogens with one attached hydrogen (secondary N) is 2. The molecule has 0 saturated heterocycles. The van der Waals surface area contributed by atoms with Crippen molar-refractivity contribution in [1.82, 2.24) is 5.01 Å². The Hall–Kier alpha value is -0.580. The largest absolute Gasteiger partial charge is 0.277 e. The second-order valence-corrected chi connectivity index (χ2v) is 1.93. The fourth-order valence-electron chi connectivity index (χ4n) is 0.178. The van der Waals surface area contributed by atoms with Crippen LogP contribution < -0.4 is 0 Å². The number of rotatable bonds is 1. The van der Waals surface area contributed by atoms with Crippen molar-refractivity contribution in [3.8, 4) is 0 Å². The molecule has 2 N–H and O–H groups in total. The van der Waals surface area contributed by atoms with E-state index < -0.39 is 0 Å². The van der Waals surface area contributed by atoms with E-state index in [1.165, 1.54) is 16.8 Å². The molecule has 0 spiro atoms. The van der Waals surface area contributed by atoms with E-state index in [1.54, 1.807) is 13.3 Å². The molecular formula is C3H8N4S. The first-order valence-corrected chi connectivity index (χ1v) is 3.18. The van der Waals surface area contributed by atoms with Crippen molar-refractivity contribution in [3.63, 3.8) is 0 Å². The van der Waals surface area contributed by atoms with Crippen LogP contribution in [0, 0.1) is 10.9 Å². The number of thioether (sulfide) groups is 1. The zero-order valence-corrected chi connectivity index (χ0v) is 5.62. The van der Waals surface area contributed by atoms with Gasteiger partial charge in [-0.1, -0.05) is 17.0 Å². The second-order valence-electron chi connectivity index (χ2n) is 1.13. The third-order valence-electron chi connectivity index (χ3n) is 0.637. The number of nitrogens with zero attached hydrogens (tertiary/aromatic N) is 2. The van der Waals surface area contributed by atoms with Crippen LogP contribution in [0.5, 0.6) is 0 Å². The molecule has 0 rings (SSSR count). The number of hydrogen-bond acceptors (Lipinski definition) is 4. The van der Waals surface area contributed by atoms with Gasteiger partial charge in [-0.05, 0) is 6.26 Å². The van der Waals surface area contributed by atoms with Gasteiger partial charge in [0.25, 0.3) is 0 Å². The Labute approximate surface area is 52.2 Å². The van der Waals surface area contributed by atoms with Crippen molar-refractivity contribution < 1.29 is 0 Å². The van der Waals surface area contributed by atoms with Gasteiger partial charge in [0.1, 0.15) is 0 Å². The molecule has 46 valence electrons. The SMILES string of the molecule is CSC(=N)N(C)N=N. The van der Waals surface area contributed by atoms with Gasteiger partial charge in [-0.15, -0.1) is 0 Å². The summed E-state index contributed by atoms with van der Waals surface area (Å²) < 4.78 is 0. The van der Waals surface area contributed by atoms with Gasteiger partial charge in [0, 0.05) is 7.05 Å². The first-order chi connectivity index (χ1) is 3.72. The Morgan fingerprint density at radius 1 is 1.75 bits per heavy atom. The van der Waals surface area contributed by atoms with E-state index in [1.807, 2.05) is 0 Å². The highest BCUT2D eigenvalue weighted by atomic mass is 32.2. The standard InChI is InChI=1S/C3H8N4S/c1-7(6-5)3(4)8-2/h4-5H,1-2H3. The van der Waals surface area contributed by atoms with Gasteiger partial charge in [0.05, 0.1) is 0 Å². The summed E-state index contributed by atoms with van der Waals surface area (Å²) in [6.45, 7) is 0. The van der Waals surface area contributed by atoms with Crippen LogP contribution in [0.1, 0.15) is 0 Å². The van der Waals surface area contributed by atoms with Gasteiger partial charge < -0.3 is 0 Å². The van der Waals surface area contributed by atoms with E-state index in [-0.39, 0.29) is 5.17 Å². The molecule has 0 aliphatic carbocycles. The normalized spacial score (nSPS) is 8.25. The first-order valence-electron chi connectivity index (χ1n) is 1.96. The van der Waals surface area contributed by atoms with Gasteiger partial charge >= 0.3 is 0 Å². The highest BCUT2D eigenvalue weighted by Gasteiger charge is 1.96. The second kappa shape index (κ2) is 3.43. The molecule has 0 radical (unpaired) electrons. The Morgan fingerprint density at radius 3 is 2.38 bits per heavy atom. The van der Waals surface area contributed by atoms with Crippen molar-refractivity contribution in [2.75, 3.05) is 13.3 Å². The Morgan fingerprint density at radius 2 is 2.25 bits per heavy atom. The summed E-state index contributed by atoms with van der Waals surface area (Å²) in [5.41, 5.74) is 6.44. The molecule has 5 heteroatoms. The first kappa shape index (κ1) is 7.42. The van der Waals surface area contributed by atoms with Crippen molar-refractivity contribution in [2.24, 2.45) is 5.22 Å². The van der Waals surface area contributed by atoms with E-state index in [0.717, 1.165) is 0 Å². The van der Waals surface area contributed by atoms with E-state index in [9.17, 15) is 0 Å². The minimum Gasteiger partial charge on any atom is -0.277 e. The van der Waals surface area contributed by atoms with Crippen LogP contribution >= 0.6 is 11.8 Å². The van der Waals surface area contributed by atoms with Crippen LogP contribution in [0.15, 0.2) is 5.22 Å². The lowest BCUT2D eigenvalue weighted by Gasteiger charge is -2.06. The quantitative estimate of drug-likeness (QED) is 0.243. The summed E-state index contributed by atoms with van der Waals surface area (Å²) in [4.78, 5) is 0. The van der Waals surface area contributed by atoms with E-state index in [4.69, 9.17) is 10.9 Å². The lowest BCUT2D eigenvalue weighted by atomic mass is 11.1. The minimum atomic E-state index is 0.278. The third kappa shape index (κ3) is 1.92. The Balaban J connectivity index is 3.62. The van der Waals surface area contributed by atoms with E-state index in [2.05, 4.69) is 5.22 Å². The minimum absolute atomic E-state index is 0.278. The molecule has 0 aromatic heterocycles. The summed E-state index contributed by atoms with van der Waals surface area (Å²) >= 11 is 1.25. The average molecular weight is 132 g/mol. The summed E-state index contributed by atoms with van der Waals surface area (Å²) in [5.74, 6) is 0. The molecule has 4 nitrogen and oxygen atoms in total. The van der Waals surface area contributed by atoms with Crippen LogP contribution in [0.3, 0.4) is 0 Å². The van der Waals surface area contributed by atoms with Gasteiger partial charge in [-0.3, -0.25) is 5.41 Å². The fraction of sp³-hybridized carbons (Fsp3) is 0.667. The van der Waals surface area contributed by atoms with Gasteiger partial charge in [-0.25, -0.2) is 5.01 Å². The summed E-state index contributed by atoms with van der Waals surface area (Å²) in [6, 6.07) is 0. The maximum Gasteiger partial charge on any atom is 0.177 e. The highest BCUT2D eigenvalue weighted by Crippen LogP contribution is 1.98. The van der Waals surface area contributed by atoms with Crippen molar-refractivity contribution in [1.29, 1.82) is 10.9 Å². The average Bonchev–Trinajstić information content (AvgIpc) is 1.84. The maximum absolute atomic E-state index is 7.02. The molecule has 0 aromatic rings. The lowest BCUT2D eigenvalue weighted by molar-refractivity contribution is 0.495. The molecule has 0 aliphatic rings. The van der Waals surface area contributed by atoms with Gasteiger partial charge in [0.15, 0.2) is 5.17 Å². The van der Waals surface area contributed by atoms with Gasteiger partial charge in [0.2, 0.25) is 0 Å². The molecule has 0 bridgehead atoms. The zero-order valence-electron chi connectivity index (χ0n) is 4.80. The summed E-state index contributed by atoms with van der Waals surface area (Å²) in [5, 5.41) is 11.5. The zero-order chi connectivity index (χ0) is 6.57. The number of hydrogen-bond donors (Lipinski definition) is 2. The van der Waals surface area contributed by atoms with Gasteiger partial charge in [-0.2, -0.15) is 5.53 Å². The predicted molar refractivity (Wildman–Crippen MR) is 34.2 cm³/mol. The molecule has 0 unspecified atom stereocenters. The van der Waals surface area contributed by atoms with Crippen LogP contribution in [0.2, 0.25) is 0 Å². The maximum atomic E-state index is 7.02. The van der Waals surface area contributed by atoms with Crippen molar-refractivity contribution in [2.45, 2.75) is 0 Å². The topological polar surface area (TPSA) is 63.3 Å². The van der Waals surface area contributed by atoms with Crippen LogP contribution in [-0.4, -0.2) is 23.5 Å². The van der Waals surface area contributed by atoms with Crippen molar-refractivity contribution in [3.05, 3.63) is 0 Å². The fourth-order valence-corrected chi connectivity index (χ4v) is 0.483. The monoisotopic (exact) mass is 132 g/mol. The Bertz CT molecular complexity index is 101. The molecular weight excluding hydrogens is 124 g/mol. The summed E-state index contributed by atoms with van der Waals surface area (Å²) in [7, 11) is 1.56. The van der Waals surface area contributed by atoms with Crippen LogP contribution in [0.4, 0.5) is 0 Å². The van der Waals surface area contributed by atoms with E-state index >= 15 is 0 Å². The smallest absolute Gasteiger partial charge is 0.177 e. The summed E-state index contributed by atoms with van der Waals surface area (Å²) in [6.07, 6.45) is 1.77. The molecule has 0 fully saturated rings. The molecule has 0 atom stereocenters. The van der Waals surface area contributed by atoms with Crippen LogP contribution in [-0.2, 0) is 0 Å². The molecule has 0 saturated carbocycles. The predicted octanol–water partition coefficient (Wildman–Crippen LogP) is 1.16. The van der Waals surface area contributed by atoms with Crippen molar-refractivity contribution >= 4 is 16.9 Å². The highest BCUT2D eigenvalue weighted by molar-refractivity contribution is 8.13. The molecule has 8 heavy (non-hydrogen) atoms. The van der Waals surface area contributed by atoms with E-state index in [0.29, 0.717) is 0 Å². The molecule has 0 aliphatic heterocycles. The number of amidine groups is 1.